The maximum Gasteiger partial charge on any atom is 0.382 e. The van der Waals surface area contributed by atoms with Gasteiger partial charge in [-0.1, -0.05) is 6.07 Å². The standard InChI is InChI=1S/C8H6FNO2/c9-8-10-6-2-1-5(4-11)3-7(6)12-8/h1-3,11H,4H2. The monoisotopic (exact) mass is 167 g/mol. The molecule has 2 aromatic rings. The molecule has 0 atom stereocenters. The number of hydrogen-bond donors (Lipinski definition) is 1. The van der Waals surface area contributed by atoms with Gasteiger partial charge in [0.15, 0.2) is 5.58 Å². The first-order valence-corrected chi connectivity index (χ1v) is 3.45. The van der Waals surface area contributed by atoms with Crippen molar-refractivity contribution < 1.29 is 13.9 Å². The van der Waals surface area contributed by atoms with Crippen molar-refractivity contribution in [3.63, 3.8) is 0 Å². The number of hydrogen-bond acceptors (Lipinski definition) is 3. The van der Waals surface area contributed by atoms with Gasteiger partial charge >= 0.3 is 6.14 Å². The van der Waals surface area contributed by atoms with Gasteiger partial charge in [0, 0.05) is 0 Å². The second kappa shape index (κ2) is 2.57. The second-order valence-electron chi connectivity index (χ2n) is 2.43. The third-order valence-electron chi connectivity index (χ3n) is 1.61. The first-order valence-electron chi connectivity index (χ1n) is 3.45. The average molecular weight is 167 g/mol. The summed E-state index contributed by atoms with van der Waals surface area (Å²) in [4.78, 5) is 3.47. The first-order chi connectivity index (χ1) is 5.79. The lowest BCUT2D eigenvalue weighted by Gasteiger charge is -1.91. The molecule has 1 aromatic heterocycles. The summed E-state index contributed by atoms with van der Waals surface area (Å²) in [7, 11) is 0. The number of halogens is 1. The number of oxazole rings is 1. The fraction of sp³-hybridized carbons (Fsp3) is 0.125. The molecule has 0 radical (unpaired) electrons. The molecule has 0 aliphatic carbocycles. The molecule has 3 nitrogen and oxygen atoms in total. The fourth-order valence-corrected chi connectivity index (χ4v) is 1.04. The molecule has 4 heteroatoms. The fourth-order valence-electron chi connectivity index (χ4n) is 1.04. The number of rotatable bonds is 1. The van der Waals surface area contributed by atoms with Crippen LogP contribution < -0.4 is 0 Å². The minimum absolute atomic E-state index is 0.0851. The Balaban J connectivity index is 2.66. The molecular formula is C8H6FNO2. The number of aliphatic hydroxyl groups is 1. The molecule has 0 saturated heterocycles. The number of nitrogens with zero attached hydrogens (tertiary/aromatic N) is 1. The van der Waals surface area contributed by atoms with E-state index in [1.54, 1.807) is 18.2 Å². The Kier molecular flexibility index (Phi) is 1.55. The Morgan fingerprint density at radius 2 is 2.33 bits per heavy atom. The van der Waals surface area contributed by atoms with Crippen molar-refractivity contribution in [2.24, 2.45) is 0 Å². The van der Waals surface area contributed by atoms with Gasteiger partial charge in [-0.2, -0.15) is 4.98 Å². The second-order valence-corrected chi connectivity index (χ2v) is 2.43. The summed E-state index contributed by atoms with van der Waals surface area (Å²) in [5, 5.41) is 8.75. The van der Waals surface area contributed by atoms with Gasteiger partial charge in [0.05, 0.1) is 6.61 Å². The molecule has 0 saturated carbocycles. The lowest BCUT2D eigenvalue weighted by molar-refractivity contribution is 0.281. The van der Waals surface area contributed by atoms with Crippen molar-refractivity contribution in [1.29, 1.82) is 0 Å². The Hall–Kier alpha value is -1.42. The van der Waals surface area contributed by atoms with Gasteiger partial charge in [-0.25, -0.2) is 0 Å². The van der Waals surface area contributed by atoms with E-state index in [1.165, 1.54) is 0 Å². The van der Waals surface area contributed by atoms with Gasteiger partial charge in [0.25, 0.3) is 0 Å². The van der Waals surface area contributed by atoms with Crippen LogP contribution in [0.15, 0.2) is 22.6 Å². The van der Waals surface area contributed by atoms with Gasteiger partial charge in [0.2, 0.25) is 0 Å². The van der Waals surface area contributed by atoms with Crippen LogP contribution in [0, 0.1) is 6.14 Å². The lowest BCUT2D eigenvalue weighted by Crippen LogP contribution is -1.80. The zero-order chi connectivity index (χ0) is 8.55. The van der Waals surface area contributed by atoms with Crippen molar-refractivity contribution in [3.05, 3.63) is 29.9 Å². The predicted octanol–water partition coefficient (Wildman–Crippen LogP) is 1.46. The first kappa shape index (κ1) is 7.24. The third kappa shape index (κ3) is 1.06. The molecule has 1 aromatic carbocycles. The van der Waals surface area contributed by atoms with Gasteiger partial charge in [-0.3, -0.25) is 0 Å². The molecule has 0 bridgehead atoms. The third-order valence-corrected chi connectivity index (χ3v) is 1.61. The van der Waals surface area contributed by atoms with Crippen LogP contribution in [0.5, 0.6) is 0 Å². The van der Waals surface area contributed by atoms with Crippen LogP contribution in [-0.4, -0.2) is 10.1 Å². The molecule has 62 valence electrons. The van der Waals surface area contributed by atoms with E-state index in [4.69, 9.17) is 5.11 Å². The van der Waals surface area contributed by atoms with Crippen LogP contribution in [0.3, 0.4) is 0 Å². The van der Waals surface area contributed by atoms with E-state index in [0.717, 1.165) is 0 Å². The van der Waals surface area contributed by atoms with E-state index in [2.05, 4.69) is 9.40 Å². The Morgan fingerprint density at radius 1 is 1.50 bits per heavy atom. The summed E-state index contributed by atoms with van der Waals surface area (Å²) in [5.41, 5.74) is 1.50. The van der Waals surface area contributed by atoms with E-state index >= 15 is 0 Å². The largest absolute Gasteiger partial charge is 0.415 e. The van der Waals surface area contributed by atoms with Crippen molar-refractivity contribution in [3.8, 4) is 0 Å². The van der Waals surface area contributed by atoms with Crippen LogP contribution in [0.25, 0.3) is 11.1 Å². The van der Waals surface area contributed by atoms with Crippen molar-refractivity contribution in [2.75, 3.05) is 0 Å². The molecule has 1 heterocycles. The predicted molar refractivity (Wildman–Crippen MR) is 39.9 cm³/mol. The highest BCUT2D eigenvalue weighted by atomic mass is 19.1. The Morgan fingerprint density at radius 3 is 3.08 bits per heavy atom. The highest BCUT2D eigenvalue weighted by Crippen LogP contribution is 2.16. The van der Waals surface area contributed by atoms with Crippen molar-refractivity contribution in [2.45, 2.75) is 6.61 Å². The number of benzene rings is 1. The van der Waals surface area contributed by atoms with E-state index in [1.807, 2.05) is 0 Å². The summed E-state index contributed by atoms with van der Waals surface area (Å²) in [5.74, 6) is 0. The van der Waals surface area contributed by atoms with E-state index in [9.17, 15) is 4.39 Å². The molecule has 0 unspecified atom stereocenters. The van der Waals surface area contributed by atoms with Gasteiger partial charge in [-0.15, -0.1) is 4.39 Å². The molecule has 0 aliphatic rings. The quantitative estimate of drug-likeness (QED) is 0.699. The van der Waals surface area contributed by atoms with Gasteiger partial charge in [0.1, 0.15) is 5.52 Å². The highest BCUT2D eigenvalue weighted by Gasteiger charge is 2.04. The van der Waals surface area contributed by atoms with E-state index in [-0.39, 0.29) is 6.61 Å². The highest BCUT2D eigenvalue weighted by molar-refractivity contribution is 5.72. The van der Waals surface area contributed by atoms with Crippen LogP contribution in [0.2, 0.25) is 0 Å². The average Bonchev–Trinajstić information content (AvgIpc) is 2.43. The normalized spacial score (nSPS) is 10.8. The summed E-state index contributed by atoms with van der Waals surface area (Å²) in [6.45, 7) is -0.0851. The summed E-state index contributed by atoms with van der Waals surface area (Å²) < 4.78 is 17.0. The molecule has 0 fully saturated rings. The Labute approximate surface area is 67.5 Å². The van der Waals surface area contributed by atoms with Crippen LogP contribution >= 0.6 is 0 Å². The zero-order valence-corrected chi connectivity index (χ0v) is 6.12. The Bertz CT molecular complexity index is 410. The molecule has 0 aliphatic heterocycles. The topological polar surface area (TPSA) is 46.3 Å². The summed E-state index contributed by atoms with van der Waals surface area (Å²) in [6, 6.07) is 4.84. The minimum atomic E-state index is -0.847. The molecule has 0 amide bonds. The summed E-state index contributed by atoms with van der Waals surface area (Å²) in [6.07, 6.45) is -0.847. The lowest BCUT2D eigenvalue weighted by atomic mass is 10.2. The minimum Gasteiger partial charge on any atom is -0.415 e. The van der Waals surface area contributed by atoms with Gasteiger partial charge < -0.3 is 9.52 Å². The number of fused-ring (bicyclic) bond motifs is 1. The molecule has 1 N–H and O–H groups in total. The van der Waals surface area contributed by atoms with Gasteiger partial charge in [-0.05, 0) is 17.7 Å². The smallest absolute Gasteiger partial charge is 0.382 e. The number of aromatic nitrogens is 1. The van der Waals surface area contributed by atoms with E-state index in [0.29, 0.717) is 16.7 Å². The molecular weight excluding hydrogens is 161 g/mol. The number of aliphatic hydroxyl groups excluding tert-OH is 1. The maximum atomic E-state index is 12.4. The van der Waals surface area contributed by atoms with E-state index < -0.39 is 6.14 Å². The molecule has 12 heavy (non-hydrogen) atoms. The maximum absolute atomic E-state index is 12.4. The molecule has 0 spiro atoms. The molecule has 2 rings (SSSR count). The van der Waals surface area contributed by atoms with Crippen molar-refractivity contribution in [1.82, 2.24) is 4.98 Å². The zero-order valence-electron chi connectivity index (χ0n) is 6.12. The van der Waals surface area contributed by atoms with Crippen molar-refractivity contribution >= 4 is 11.1 Å². The summed E-state index contributed by atoms with van der Waals surface area (Å²) >= 11 is 0. The van der Waals surface area contributed by atoms with Crippen LogP contribution in [0.4, 0.5) is 4.39 Å². The van der Waals surface area contributed by atoms with Crippen LogP contribution in [0.1, 0.15) is 5.56 Å². The SMILES string of the molecule is OCc1ccc2nc(F)oc2c1. The van der Waals surface area contributed by atoms with Crippen LogP contribution in [-0.2, 0) is 6.61 Å².